The van der Waals surface area contributed by atoms with Crippen LogP contribution in [0, 0.1) is 5.92 Å². The minimum Gasteiger partial charge on any atom is -0.388 e. The Labute approximate surface area is 59.9 Å². The summed E-state index contributed by atoms with van der Waals surface area (Å²) in [5, 5.41) is 9.27. The number of fused-ring (bicyclic) bond motifs is 1. The van der Waals surface area contributed by atoms with E-state index in [9.17, 15) is 5.11 Å². The molecule has 3 heteroatoms. The molecule has 0 bridgehead atoms. The zero-order chi connectivity index (χ0) is 7.14. The SMILES string of the molecule is C[C@H]1CO[C@H]2[C@@H]1OC[C@H]2O. The highest BCUT2D eigenvalue weighted by Crippen LogP contribution is 2.30. The number of aliphatic hydroxyl groups is 1. The van der Waals surface area contributed by atoms with E-state index < -0.39 is 6.10 Å². The lowest BCUT2D eigenvalue weighted by Crippen LogP contribution is -2.28. The fourth-order valence-corrected chi connectivity index (χ4v) is 1.67. The maximum Gasteiger partial charge on any atom is 0.112 e. The van der Waals surface area contributed by atoms with Gasteiger partial charge in [-0.05, 0) is 0 Å². The predicted molar refractivity (Wildman–Crippen MR) is 34.7 cm³/mol. The molecule has 2 rings (SSSR count). The van der Waals surface area contributed by atoms with E-state index in [0.29, 0.717) is 12.5 Å². The van der Waals surface area contributed by atoms with Crippen molar-refractivity contribution < 1.29 is 14.6 Å². The Bertz CT molecular complexity index is 121. The number of ether oxygens (including phenoxy) is 2. The van der Waals surface area contributed by atoms with Gasteiger partial charge in [-0.25, -0.2) is 0 Å². The highest BCUT2D eigenvalue weighted by molar-refractivity contribution is 4.92. The highest BCUT2D eigenvalue weighted by Gasteiger charge is 2.44. The fourth-order valence-electron chi connectivity index (χ4n) is 1.67. The molecule has 0 aromatic carbocycles. The van der Waals surface area contributed by atoms with E-state index in [2.05, 4.69) is 6.92 Å². The van der Waals surface area contributed by atoms with Crippen LogP contribution in [-0.2, 0) is 9.47 Å². The van der Waals surface area contributed by atoms with Crippen molar-refractivity contribution in [1.82, 2.24) is 0 Å². The van der Waals surface area contributed by atoms with Gasteiger partial charge in [-0.15, -0.1) is 0 Å². The summed E-state index contributed by atoms with van der Waals surface area (Å²) in [4.78, 5) is 0. The van der Waals surface area contributed by atoms with Crippen LogP contribution in [0.25, 0.3) is 0 Å². The fraction of sp³-hybridized carbons (Fsp3) is 1.00. The minimum atomic E-state index is -0.394. The van der Waals surface area contributed by atoms with Crippen LogP contribution in [0.3, 0.4) is 0 Å². The summed E-state index contributed by atoms with van der Waals surface area (Å²) >= 11 is 0. The molecule has 0 aliphatic carbocycles. The molecular weight excluding hydrogens is 132 g/mol. The second-order valence-electron chi connectivity index (χ2n) is 3.14. The molecular formula is C7H12O3. The highest BCUT2D eigenvalue weighted by atomic mass is 16.6. The summed E-state index contributed by atoms with van der Waals surface area (Å²) in [6.45, 7) is 3.26. The monoisotopic (exact) mass is 144 g/mol. The maximum absolute atomic E-state index is 9.27. The van der Waals surface area contributed by atoms with Crippen molar-refractivity contribution in [2.45, 2.75) is 25.2 Å². The molecule has 0 aromatic rings. The van der Waals surface area contributed by atoms with Crippen LogP contribution in [-0.4, -0.2) is 36.6 Å². The van der Waals surface area contributed by atoms with Gasteiger partial charge in [0, 0.05) is 5.92 Å². The number of rotatable bonds is 0. The van der Waals surface area contributed by atoms with Crippen LogP contribution in [0.2, 0.25) is 0 Å². The minimum absolute atomic E-state index is 0.0463. The molecule has 1 N–H and O–H groups in total. The van der Waals surface area contributed by atoms with Crippen molar-refractivity contribution in [2.75, 3.05) is 13.2 Å². The Morgan fingerprint density at radius 3 is 2.60 bits per heavy atom. The van der Waals surface area contributed by atoms with E-state index in [1.807, 2.05) is 0 Å². The van der Waals surface area contributed by atoms with E-state index in [1.165, 1.54) is 0 Å². The summed E-state index contributed by atoms with van der Waals surface area (Å²) in [6.07, 6.45) is -0.292. The summed E-state index contributed by atoms with van der Waals surface area (Å²) in [6, 6.07) is 0. The lowest BCUT2D eigenvalue weighted by atomic mass is 10.0. The van der Waals surface area contributed by atoms with E-state index >= 15 is 0 Å². The first kappa shape index (κ1) is 6.58. The Morgan fingerprint density at radius 2 is 1.90 bits per heavy atom. The molecule has 2 fully saturated rings. The number of hydrogen-bond donors (Lipinski definition) is 1. The lowest BCUT2D eigenvalue weighted by molar-refractivity contribution is 0.0173. The van der Waals surface area contributed by atoms with Gasteiger partial charge < -0.3 is 14.6 Å². The lowest BCUT2D eigenvalue weighted by Gasteiger charge is -2.10. The Morgan fingerprint density at radius 1 is 1.20 bits per heavy atom. The van der Waals surface area contributed by atoms with Crippen LogP contribution in [0.1, 0.15) is 6.92 Å². The molecule has 0 saturated carbocycles. The van der Waals surface area contributed by atoms with Crippen LogP contribution in [0.4, 0.5) is 0 Å². The molecule has 2 saturated heterocycles. The third-order valence-electron chi connectivity index (χ3n) is 2.27. The van der Waals surface area contributed by atoms with Crippen molar-refractivity contribution in [2.24, 2.45) is 5.92 Å². The van der Waals surface area contributed by atoms with Crippen molar-refractivity contribution in [3.63, 3.8) is 0 Å². The average Bonchev–Trinajstić information content (AvgIpc) is 2.41. The van der Waals surface area contributed by atoms with Crippen molar-refractivity contribution in [3.05, 3.63) is 0 Å². The molecule has 0 unspecified atom stereocenters. The molecule has 0 radical (unpaired) electrons. The predicted octanol–water partition coefficient (Wildman–Crippen LogP) is -0.219. The molecule has 0 spiro atoms. The van der Waals surface area contributed by atoms with E-state index in [4.69, 9.17) is 9.47 Å². The molecule has 2 aliphatic heterocycles. The number of aliphatic hydroxyl groups excluding tert-OH is 1. The van der Waals surface area contributed by atoms with Gasteiger partial charge in [0.1, 0.15) is 12.2 Å². The Hall–Kier alpha value is -0.120. The van der Waals surface area contributed by atoms with Gasteiger partial charge in [-0.2, -0.15) is 0 Å². The zero-order valence-corrected chi connectivity index (χ0v) is 5.99. The van der Waals surface area contributed by atoms with Gasteiger partial charge in [0.25, 0.3) is 0 Å². The summed E-state index contributed by atoms with van der Waals surface area (Å²) in [7, 11) is 0. The van der Waals surface area contributed by atoms with Gasteiger partial charge in [0.15, 0.2) is 0 Å². The topological polar surface area (TPSA) is 38.7 Å². The standard InChI is InChI=1S/C7H12O3/c1-4-2-9-7-5(8)3-10-6(4)7/h4-8H,2-3H2,1H3/t4-,5+,6+,7+/m0/s1. The average molecular weight is 144 g/mol. The van der Waals surface area contributed by atoms with Crippen molar-refractivity contribution >= 4 is 0 Å². The molecule has 0 aromatic heterocycles. The van der Waals surface area contributed by atoms with Crippen LogP contribution in [0.5, 0.6) is 0 Å². The maximum atomic E-state index is 9.27. The quantitative estimate of drug-likeness (QED) is 0.511. The summed E-state index contributed by atoms with van der Waals surface area (Å²) < 4.78 is 10.7. The molecule has 10 heavy (non-hydrogen) atoms. The third-order valence-corrected chi connectivity index (χ3v) is 2.27. The smallest absolute Gasteiger partial charge is 0.112 e. The Balaban J connectivity index is 2.09. The normalized spacial score (nSPS) is 53.4. The molecule has 58 valence electrons. The largest absolute Gasteiger partial charge is 0.388 e. The van der Waals surface area contributed by atoms with E-state index in [-0.39, 0.29) is 12.2 Å². The number of hydrogen-bond acceptors (Lipinski definition) is 3. The van der Waals surface area contributed by atoms with E-state index in [1.54, 1.807) is 0 Å². The first-order chi connectivity index (χ1) is 4.79. The molecule has 4 atom stereocenters. The van der Waals surface area contributed by atoms with Gasteiger partial charge in [0.2, 0.25) is 0 Å². The first-order valence-corrected chi connectivity index (χ1v) is 3.70. The van der Waals surface area contributed by atoms with Crippen LogP contribution < -0.4 is 0 Å². The second-order valence-corrected chi connectivity index (χ2v) is 3.14. The second kappa shape index (κ2) is 2.19. The van der Waals surface area contributed by atoms with Gasteiger partial charge >= 0.3 is 0 Å². The van der Waals surface area contributed by atoms with Gasteiger partial charge in [-0.1, -0.05) is 6.92 Å². The summed E-state index contributed by atoms with van der Waals surface area (Å²) in [5.74, 6) is 0.446. The first-order valence-electron chi connectivity index (χ1n) is 3.70. The van der Waals surface area contributed by atoms with Crippen LogP contribution >= 0.6 is 0 Å². The van der Waals surface area contributed by atoms with E-state index in [0.717, 1.165) is 6.61 Å². The van der Waals surface area contributed by atoms with Crippen molar-refractivity contribution in [1.29, 1.82) is 0 Å². The Kier molecular flexibility index (Phi) is 1.44. The molecule has 0 amide bonds. The summed E-state index contributed by atoms with van der Waals surface area (Å²) in [5.41, 5.74) is 0. The van der Waals surface area contributed by atoms with Gasteiger partial charge in [0.05, 0.1) is 19.3 Å². The molecule has 3 nitrogen and oxygen atoms in total. The third kappa shape index (κ3) is 0.779. The van der Waals surface area contributed by atoms with Gasteiger partial charge in [-0.3, -0.25) is 0 Å². The zero-order valence-electron chi connectivity index (χ0n) is 5.99. The van der Waals surface area contributed by atoms with Crippen LogP contribution in [0.15, 0.2) is 0 Å². The van der Waals surface area contributed by atoms with Crippen molar-refractivity contribution in [3.8, 4) is 0 Å². The molecule has 2 heterocycles. The molecule has 2 aliphatic rings.